The van der Waals surface area contributed by atoms with Crippen LogP contribution < -0.4 is 0 Å². The number of nitrogens with zero attached hydrogens (tertiary/aromatic N) is 1. The van der Waals surface area contributed by atoms with E-state index in [0.29, 0.717) is 0 Å². The highest BCUT2D eigenvalue weighted by molar-refractivity contribution is 7.09. The molecule has 0 saturated heterocycles. The van der Waals surface area contributed by atoms with Gasteiger partial charge in [-0.05, 0) is 37.4 Å². The van der Waals surface area contributed by atoms with Gasteiger partial charge < -0.3 is 0 Å². The normalized spacial score (nSPS) is 11.4. The van der Waals surface area contributed by atoms with E-state index in [4.69, 9.17) is 0 Å². The molecule has 1 aromatic heterocycles. The minimum Gasteiger partial charge on any atom is -0.298 e. The summed E-state index contributed by atoms with van der Waals surface area (Å²) in [6.07, 6.45) is 16.8. The first-order valence-corrected chi connectivity index (χ1v) is 11.0. The maximum absolute atomic E-state index is 2.70. The van der Waals surface area contributed by atoms with Crippen molar-refractivity contribution >= 4 is 11.3 Å². The predicted molar refractivity (Wildman–Crippen MR) is 106 cm³/mol. The lowest BCUT2D eigenvalue weighted by atomic mass is 10.1. The highest BCUT2D eigenvalue weighted by atomic mass is 32.1. The number of hydrogen-bond acceptors (Lipinski definition) is 2. The Morgan fingerprint density at radius 3 is 1.74 bits per heavy atom. The molecule has 1 rings (SSSR count). The molecule has 2 heteroatoms. The first-order chi connectivity index (χ1) is 11.4. The maximum Gasteiger partial charge on any atom is 0.0327 e. The van der Waals surface area contributed by atoms with Gasteiger partial charge in [-0.25, -0.2) is 0 Å². The van der Waals surface area contributed by atoms with Gasteiger partial charge >= 0.3 is 0 Å². The van der Waals surface area contributed by atoms with Gasteiger partial charge in [-0.2, -0.15) is 0 Å². The molecule has 0 unspecified atom stereocenters. The van der Waals surface area contributed by atoms with Crippen LogP contribution in [-0.2, 0) is 6.54 Å². The fourth-order valence-electron chi connectivity index (χ4n) is 3.12. The second-order valence-corrected chi connectivity index (χ2v) is 7.92. The topological polar surface area (TPSA) is 3.24 Å². The zero-order valence-corrected chi connectivity index (χ0v) is 16.5. The van der Waals surface area contributed by atoms with E-state index in [1.165, 1.54) is 102 Å². The summed E-state index contributed by atoms with van der Waals surface area (Å²) < 4.78 is 0. The zero-order chi connectivity index (χ0) is 16.6. The summed E-state index contributed by atoms with van der Waals surface area (Å²) in [7, 11) is 0. The molecule has 0 aliphatic carbocycles. The first-order valence-electron chi connectivity index (χ1n) is 10.1. The van der Waals surface area contributed by atoms with Crippen LogP contribution in [0.2, 0.25) is 0 Å². The molecule has 1 heterocycles. The van der Waals surface area contributed by atoms with Gasteiger partial charge in [0.15, 0.2) is 0 Å². The lowest BCUT2D eigenvalue weighted by Crippen LogP contribution is -2.25. The van der Waals surface area contributed by atoms with Crippen LogP contribution in [0.5, 0.6) is 0 Å². The molecule has 0 atom stereocenters. The smallest absolute Gasteiger partial charge is 0.0327 e. The second-order valence-electron chi connectivity index (χ2n) is 6.89. The van der Waals surface area contributed by atoms with Crippen LogP contribution in [0.4, 0.5) is 0 Å². The van der Waals surface area contributed by atoms with Gasteiger partial charge in [0.05, 0.1) is 0 Å². The lowest BCUT2D eigenvalue weighted by molar-refractivity contribution is 0.254. The summed E-state index contributed by atoms with van der Waals surface area (Å²) in [6, 6.07) is 4.48. The van der Waals surface area contributed by atoms with E-state index >= 15 is 0 Å². The number of rotatable bonds is 16. The molecule has 0 bridgehead atoms. The minimum absolute atomic E-state index is 1.17. The van der Waals surface area contributed by atoms with Gasteiger partial charge in [0.1, 0.15) is 0 Å². The summed E-state index contributed by atoms with van der Waals surface area (Å²) in [6.45, 7) is 8.34. The summed E-state index contributed by atoms with van der Waals surface area (Å²) in [5.41, 5.74) is 0. The van der Waals surface area contributed by atoms with Crippen molar-refractivity contribution in [3.8, 4) is 0 Å². The van der Waals surface area contributed by atoms with Crippen LogP contribution in [0.25, 0.3) is 0 Å². The number of hydrogen-bond donors (Lipinski definition) is 0. The van der Waals surface area contributed by atoms with E-state index in [2.05, 4.69) is 36.3 Å². The Kier molecular flexibility index (Phi) is 13.7. The SMILES string of the molecule is CCCCCCCCN(CCCCCCCC)Cc1cccs1. The summed E-state index contributed by atoms with van der Waals surface area (Å²) in [5, 5.41) is 2.21. The second kappa shape index (κ2) is 15.2. The van der Waals surface area contributed by atoms with E-state index < -0.39 is 0 Å². The van der Waals surface area contributed by atoms with Gasteiger partial charge in [0, 0.05) is 11.4 Å². The summed E-state index contributed by atoms with van der Waals surface area (Å²) in [4.78, 5) is 4.23. The Labute approximate surface area is 149 Å². The van der Waals surface area contributed by atoms with Crippen LogP contribution >= 0.6 is 11.3 Å². The molecular formula is C21H39NS. The third-order valence-electron chi connectivity index (χ3n) is 4.62. The Hall–Kier alpha value is -0.340. The van der Waals surface area contributed by atoms with E-state index in [0.717, 1.165) is 0 Å². The first kappa shape index (κ1) is 20.7. The summed E-state index contributed by atoms with van der Waals surface area (Å²) in [5.74, 6) is 0. The Morgan fingerprint density at radius 2 is 1.26 bits per heavy atom. The molecule has 0 saturated carbocycles. The monoisotopic (exact) mass is 337 g/mol. The van der Waals surface area contributed by atoms with Gasteiger partial charge in [-0.15, -0.1) is 11.3 Å². The van der Waals surface area contributed by atoms with Crippen LogP contribution in [-0.4, -0.2) is 18.0 Å². The largest absolute Gasteiger partial charge is 0.298 e. The van der Waals surface area contributed by atoms with Gasteiger partial charge in [0.25, 0.3) is 0 Å². The van der Waals surface area contributed by atoms with Gasteiger partial charge in [-0.3, -0.25) is 4.90 Å². The van der Waals surface area contributed by atoms with Crippen molar-refractivity contribution in [1.82, 2.24) is 4.90 Å². The van der Waals surface area contributed by atoms with E-state index in [9.17, 15) is 0 Å². The predicted octanol–water partition coefficient (Wildman–Crippen LogP) is 7.27. The van der Waals surface area contributed by atoms with Gasteiger partial charge in [-0.1, -0.05) is 84.1 Å². The fraction of sp³-hybridized carbons (Fsp3) is 0.810. The fourth-order valence-corrected chi connectivity index (χ4v) is 3.87. The Balaban J connectivity index is 2.17. The molecule has 134 valence electrons. The van der Waals surface area contributed by atoms with Crippen molar-refractivity contribution in [1.29, 1.82) is 0 Å². The molecule has 0 N–H and O–H groups in total. The highest BCUT2D eigenvalue weighted by Gasteiger charge is 2.06. The average molecular weight is 338 g/mol. The van der Waals surface area contributed by atoms with E-state index in [-0.39, 0.29) is 0 Å². The van der Waals surface area contributed by atoms with E-state index in [1.54, 1.807) is 0 Å². The standard InChI is InChI=1S/C21H39NS/c1-3-5-7-9-11-13-17-22(20-21-16-15-19-23-21)18-14-12-10-8-6-4-2/h15-16,19H,3-14,17-18,20H2,1-2H3. The molecule has 1 nitrogen and oxygen atoms in total. The molecule has 0 radical (unpaired) electrons. The lowest BCUT2D eigenvalue weighted by Gasteiger charge is -2.21. The van der Waals surface area contributed by atoms with Crippen molar-refractivity contribution < 1.29 is 0 Å². The Bertz CT molecular complexity index is 318. The van der Waals surface area contributed by atoms with Gasteiger partial charge in [0.2, 0.25) is 0 Å². The Morgan fingerprint density at radius 1 is 0.739 bits per heavy atom. The minimum atomic E-state index is 1.17. The maximum atomic E-state index is 2.70. The van der Waals surface area contributed by atoms with Crippen molar-refractivity contribution in [2.75, 3.05) is 13.1 Å². The molecule has 0 aliphatic heterocycles. The molecule has 23 heavy (non-hydrogen) atoms. The van der Waals surface area contributed by atoms with Crippen molar-refractivity contribution in [2.45, 2.75) is 97.4 Å². The molecule has 1 aromatic rings. The number of thiophene rings is 1. The zero-order valence-electron chi connectivity index (χ0n) is 15.7. The van der Waals surface area contributed by atoms with Crippen LogP contribution in [0.15, 0.2) is 17.5 Å². The summed E-state index contributed by atoms with van der Waals surface area (Å²) >= 11 is 1.91. The molecule has 0 spiro atoms. The third-order valence-corrected chi connectivity index (χ3v) is 5.48. The third kappa shape index (κ3) is 11.8. The molecule has 0 aromatic carbocycles. The highest BCUT2D eigenvalue weighted by Crippen LogP contribution is 2.15. The van der Waals surface area contributed by atoms with Crippen LogP contribution in [0.3, 0.4) is 0 Å². The molecule has 0 fully saturated rings. The van der Waals surface area contributed by atoms with Crippen molar-refractivity contribution in [3.63, 3.8) is 0 Å². The molecular weight excluding hydrogens is 298 g/mol. The quantitative estimate of drug-likeness (QED) is 0.287. The molecule has 0 aliphatic rings. The van der Waals surface area contributed by atoms with Crippen LogP contribution in [0.1, 0.15) is 95.8 Å². The molecule has 0 amide bonds. The number of unbranched alkanes of at least 4 members (excludes halogenated alkanes) is 10. The van der Waals surface area contributed by atoms with E-state index in [1.807, 2.05) is 11.3 Å². The van der Waals surface area contributed by atoms with Crippen LogP contribution in [0, 0.1) is 0 Å². The van der Waals surface area contributed by atoms with Crippen molar-refractivity contribution in [2.24, 2.45) is 0 Å². The average Bonchev–Trinajstić information content (AvgIpc) is 3.06. The van der Waals surface area contributed by atoms with Crippen molar-refractivity contribution in [3.05, 3.63) is 22.4 Å².